The zero-order chi connectivity index (χ0) is 61.3. The predicted molar refractivity (Wildman–Crippen MR) is 375 cm³/mol. The van der Waals surface area contributed by atoms with Crippen LogP contribution < -0.4 is 21.3 Å². The van der Waals surface area contributed by atoms with Gasteiger partial charge in [-0.05, 0) is 70.2 Å². The molecule has 0 atom stereocenters. The highest BCUT2D eigenvalue weighted by atomic mass is 28.4. The molecule has 0 saturated carbocycles. The molecule has 0 aliphatic heterocycles. The lowest BCUT2D eigenvalue weighted by molar-refractivity contribution is -0.144. The van der Waals surface area contributed by atoms with E-state index >= 15 is 0 Å². The summed E-state index contributed by atoms with van der Waals surface area (Å²) >= 11 is 0. The first-order chi connectivity index (χ1) is 41.4. The van der Waals surface area contributed by atoms with Gasteiger partial charge in [-0.2, -0.15) is 0 Å². The van der Waals surface area contributed by atoms with Gasteiger partial charge in [0.05, 0.1) is 36.8 Å². The molecule has 85 heavy (non-hydrogen) atoms. The van der Waals surface area contributed by atoms with Crippen LogP contribution in [0.15, 0.2) is 36.4 Å². The van der Waals surface area contributed by atoms with Crippen molar-refractivity contribution in [3.63, 3.8) is 0 Å². The van der Waals surface area contributed by atoms with Gasteiger partial charge in [-0.25, -0.2) is 0 Å². The summed E-state index contributed by atoms with van der Waals surface area (Å²) in [5.41, 5.74) is 3.10. The number of hydrogen-bond donors (Lipinski definition) is 6. The van der Waals surface area contributed by atoms with Gasteiger partial charge in [0.25, 0.3) is 0 Å². The number of carbonyl (C=O) groups excluding carboxylic acids is 2. The Hall–Kier alpha value is -3.33. The van der Waals surface area contributed by atoms with Gasteiger partial charge in [0.2, 0.25) is 0 Å². The second kappa shape index (κ2) is 49.5. The van der Waals surface area contributed by atoms with Gasteiger partial charge in [-0.1, -0.05) is 281 Å². The number of ether oxygens (including phenoxy) is 2. The summed E-state index contributed by atoms with van der Waals surface area (Å²) in [6.45, 7) is 20.7. The number of aromatic hydroxyl groups is 2. The van der Waals surface area contributed by atoms with E-state index in [-0.39, 0.29) is 23.4 Å². The number of phenolic OH excluding ortho intramolecular Hbond substituents is 2. The Morgan fingerprint density at radius 3 is 0.988 bits per heavy atom. The Morgan fingerprint density at radius 1 is 0.376 bits per heavy atom. The maximum atomic E-state index is 12.5. The summed E-state index contributed by atoms with van der Waals surface area (Å²) in [6.07, 6.45) is 50.0. The average molecular weight is 1220 g/mol. The van der Waals surface area contributed by atoms with Gasteiger partial charge < -0.3 is 41.0 Å². The highest BCUT2D eigenvalue weighted by Gasteiger charge is 2.31. The van der Waals surface area contributed by atoms with Crippen molar-refractivity contribution in [3.8, 4) is 11.5 Å². The Kier molecular flexibility index (Phi) is 44.2. The summed E-state index contributed by atoms with van der Waals surface area (Å²) in [4.78, 5) is 24.8. The quantitative estimate of drug-likeness (QED) is 0.0106. The van der Waals surface area contributed by atoms with Crippen molar-refractivity contribution in [3.05, 3.63) is 36.4 Å². The van der Waals surface area contributed by atoms with Crippen LogP contribution in [0, 0.1) is 0 Å². The van der Waals surface area contributed by atoms with Crippen molar-refractivity contribution < 1.29 is 29.3 Å². The van der Waals surface area contributed by atoms with Crippen molar-refractivity contribution >= 4 is 61.0 Å². The maximum absolute atomic E-state index is 12.5. The standard InChI is InChI=1S/C73H132N4O6Si2/c1-7-9-11-13-15-17-19-21-23-25-27-29-31-33-35-41-55-76-66-49-50-67(71-70(66)72(80)64-47-39-40-48-65(64)73(71)81)77-56-42-36-38-44-60-83-69(79)52-58-75-54-46-62-85(5,6)63-84(3,4)61-45-53-74-57-51-68(78)82-59-43-37-34-32-30-28-26-24-22-20-18-16-14-12-10-8-2/h39-40,47-50,74-77,80-81H,7-38,41-46,51-63H2,1-6H3. The minimum absolute atomic E-state index is 0.0645. The van der Waals surface area contributed by atoms with Gasteiger partial charge in [-0.15, -0.1) is 0 Å². The first kappa shape index (κ1) is 75.9. The van der Waals surface area contributed by atoms with Gasteiger partial charge >= 0.3 is 11.9 Å². The molecule has 0 aliphatic carbocycles. The number of nitrogens with one attached hydrogen (secondary N) is 4. The first-order valence-electron chi connectivity index (χ1n) is 36.0. The number of benzene rings is 3. The average Bonchev–Trinajstić information content (AvgIpc) is 3.66. The van der Waals surface area contributed by atoms with Gasteiger partial charge in [-0.3, -0.25) is 9.59 Å². The van der Waals surface area contributed by atoms with Crippen LogP contribution in [-0.4, -0.2) is 90.8 Å². The number of carbonyl (C=O) groups is 2. The SMILES string of the molecule is CCCCCCCCCCCCCCCCCCNc1ccc(NCCCCCCOC(=O)CCNCCC[Si](C)(C)C[Si](C)(C)CCCNCCC(=O)OCCCCCCCCCCCCCCCCCC)c2c(O)c3ccccc3c(O)c12. The van der Waals surface area contributed by atoms with Crippen LogP contribution in [0.1, 0.15) is 271 Å². The third kappa shape index (κ3) is 37.3. The minimum Gasteiger partial charge on any atom is -0.507 e. The maximum Gasteiger partial charge on any atom is 0.307 e. The summed E-state index contributed by atoms with van der Waals surface area (Å²) in [5, 5.41) is 40.1. The van der Waals surface area contributed by atoms with E-state index in [2.05, 4.69) is 61.3 Å². The van der Waals surface area contributed by atoms with Crippen LogP contribution >= 0.6 is 0 Å². The molecule has 3 aromatic carbocycles. The van der Waals surface area contributed by atoms with Gasteiger partial charge in [0.1, 0.15) is 11.5 Å². The van der Waals surface area contributed by atoms with Crippen molar-refractivity contribution in [1.29, 1.82) is 0 Å². The fraction of sp³-hybridized carbons (Fsp3) is 0.781. The van der Waals surface area contributed by atoms with Gasteiger partial charge in [0.15, 0.2) is 0 Å². The van der Waals surface area contributed by atoms with E-state index in [1.165, 1.54) is 210 Å². The molecule has 0 saturated heterocycles. The summed E-state index contributed by atoms with van der Waals surface area (Å²) < 4.78 is 11.1. The number of hydrogen-bond acceptors (Lipinski definition) is 10. The molecule has 0 unspecified atom stereocenters. The molecule has 12 heteroatoms. The minimum atomic E-state index is -1.32. The van der Waals surface area contributed by atoms with E-state index in [9.17, 15) is 19.8 Å². The van der Waals surface area contributed by atoms with E-state index < -0.39 is 16.1 Å². The molecule has 3 rings (SSSR count). The summed E-state index contributed by atoms with van der Waals surface area (Å²) in [7, 11) is -2.63. The highest BCUT2D eigenvalue weighted by molar-refractivity contribution is 6.95. The first-order valence-corrected chi connectivity index (χ1v) is 42.8. The van der Waals surface area contributed by atoms with Crippen molar-refractivity contribution in [2.75, 3.05) is 63.1 Å². The molecule has 0 aromatic heterocycles. The second-order valence-electron chi connectivity index (χ2n) is 27.2. The van der Waals surface area contributed by atoms with Crippen LogP contribution in [0.25, 0.3) is 21.5 Å². The Labute approximate surface area is 523 Å². The van der Waals surface area contributed by atoms with Gasteiger partial charge in [0, 0.05) is 64.5 Å². The van der Waals surface area contributed by atoms with Crippen molar-refractivity contribution in [2.45, 2.75) is 315 Å². The second-order valence-corrected chi connectivity index (χ2v) is 38.3. The monoisotopic (exact) mass is 1220 g/mol. The Morgan fingerprint density at radius 2 is 0.671 bits per heavy atom. The van der Waals surface area contributed by atoms with E-state index in [0.717, 1.165) is 88.9 Å². The lowest BCUT2D eigenvalue weighted by Crippen LogP contribution is -2.40. The molecule has 10 nitrogen and oxygen atoms in total. The molecule has 488 valence electrons. The lowest BCUT2D eigenvalue weighted by Gasteiger charge is -2.32. The van der Waals surface area contributed by atoms with Crippen molar-refractivity contribution in [1.82, 2.24) is 10.6 Å². The zero-order valence-electron chi connectivity index (χ0n) is 56.1. The largest absolute Gasteiger partial charge is 0.507 e. The highest BCUT2D eigenvalue weighted by Crippen LogP contribution is 2.47. The molecule has 0 bridgehead atoms. The van der Waals surface area contributed by atoms with E-state index in [1.807, 2.05) is 36.4 Å². The summed E-state index contributed by atoms with van der Waals surface area (Å²) in [6, 6.07) is 14.2. The molecule has 0 fully saturated rings. The number of unbranched alkanes of at least 4 members (excludes halogenated alkanes) is 33. The fourth-order valence-corrected chi connectivity index (χ4v) is 27.0. The van der Waals surface area contributed by atoms with Crippen LogP contribution in [-0.2, 0) is 19.1 Å². The normalized spacial score (nSPS) is 12.0. The molecule has 0 aliphatic rings. The molecule has 0 spiro atoms. The lowest BCUT2D eigenvalue weighted by atomic mass is 9.97. The van der Waals surface area contributed by atoms with Crippen molar-refractivity contribution in [2.24, 2.45) is 0 Å². The molecule has 6 N–H and O–H groups in total. The number of anilines is 2. The molecular weight excluding hydrogens is 1080 g/mol. The molecule has 0 heterocycles. The third-order valence-corrected chi connectivity index (χ3v) is 28.8. The van der Waals surface area contributed by atoms with Crippen LogP contribution in [0.4, 0.5) is 11.4 Å². The third-order valence-electron chi connectivity index (χ3n) is 17.8. The number of esters is 2. The molecule has 0 radical (unpaired) electrons. The molecule has 3 aromatic rings. The van der Waals surface area contributed by atoms with E-state index in [4.69, 9.17) is 9.47 Å². The van der Waals surface area contributed by atoms with Crippen LogP contribution in [0.3, 0.4) is 0 Å². The van der Waals surface area contributed by atoms with Crippen LogP contribution in [0.5, 0.6) is 11.5 Å². The number of phenols is 2. The molecule has 0 amide bonds. The number of fused-ring (bicyclic) bond motifs is 2. The Bertz CT molecular complexity index is 2140. The summed E-state index contributed by atoms with van der Waals surface area (Å²) in [5.74, 6) is 0.197. The van der Waals surface area contributed by atoms with Crippen LogP contribution in [0.2, 0.25) is 43.9 Å². The van der Waals surface area contributed by atoms with E-state index in [0.29, 0.717) is 60.7 Å². The molecular formula is C73H132N4O6Si2. The zero-order valence-corrected chi connectivity index (χ0v) is 58.1. The number of rotatable bonds is 59. The predicted octanol–water partition coefficient (Wildman–Crippen LogP) is 21.1. The topological polar surface area (TPSA) is 141 Å². The fourth-order valence-electron chi connectivity index (χ4n) is 12.9. The smallest absolute Gasteiger partial charge is 0.307 e. The Balaban J connectivity index is 1.16. The van der Waals surface area contributed by atoms with E-state index in [1.54, 1.807) is 0 Å².